The van der Waals surface area contributed by atoms with E-state index in [1.807, 2.05) is 41.5 Å². The predicted molar refractivity (Wildman–Crippen MR) is 137 cm³/mol. The lowest BCUT2D eigenvalue weighted by Crippen LogP contribution is -2.59. The number of aliphatic imine (C=N–C) groups is 3. The van der Waals surface area contributed by atoms with Gasteiger partial charge in [-0.15, -0.1) is 0 Å². The smallest absolute Gasteiger partial charge is 0.267 e. The van der Waals surface area contributed by atoms with E-state index in [-0.39, 0.29) is 22.2 Å². The number of hydrogen-bond donors (Lipinski definition) is 0. The zero-order chi connectivity index (χ0) is 28.0. The van der Waals surface area contributed by atoms with Gasteiger partial charge in [-0.25, -0.2) is 24.4 Å². The van der Waals surface area contributed by atoms with Crippen LogP contribution in [0.1, 0.15) is 87.0 Å². The maximum Gasteiger partial charge on any atom is 0.333 e. The van der Waals surface area contributed by atoms with Crippen LogP contribution < -0.4 is 0 Å². The minimum atomic E-state index is -0.983. The topological polar surface area (TPSA) is 129 Å². The van der Waals surface area contributed by atoms with Crippen LogP contribution in [0.3, 0.4) is 0 Å². The van der Waals surface area contributed by atoms with E-state index in [0.29, 0.717) is 38.5 Å². The summed E-state index contributed by atoms with van der Waals surface area (Å²) < 4.78 is 0. The highest BCUT2D eigenvalue weighted by molar-refractivity contribution is 6.48. The third-order valence-electron chi connectivity index (χ3n) is 7.76. The molecular formula is C27H37N5O5. The van der Waals surface area contributed by atoms with Crippen molar-refractivity contribution < 1.29 is 24.0 Å². The van der Waals surface area contributed by atoms with Crippen molar-refractivity contribution in [2.45, 2.75) is 110 Å². The van der Waals surface area contributed by atoms with E-state index in [4.69, 9.17) is 0 Å². The van der Waals surface area contributed by atoms with Crippen molar-refractivity contribution in [3.63, 3.8) is 0 Å². The first-order valence-electron chi connectivity index (χ1n) is 12.6. The molecule has 2 saturated carbocycles. The number of hydrogen-bond acceptors (Lipinski definition) is 7. The minimum Gasteiger partial charge on any atom is -0.267 e. The van der Waals surface area contributed by atoms with Crippen molar-refractivity contribution in [1.82, 2.24) is 9.80 Å². The Balaban J connectivity index is 2.17. The predicted octanol–water partition coefficient (Wildman–Crippen LogP) is 4.10. The average Bonchev–Trinajstić information content (AvgIpc) is 2.96. The maximum atomic E-state index is 14.2. The molecule has 4 amide bonds. The van der Waals surface area contributed by atoms with Crippen molar-refractivity contribution in [2.24, 2.45) is 25.8 Å². The van der Waals surface area contributed by atoms with Crippen molar-refractivity contribution >= 4 is 35.8 Å². The summed E-state index contributed by atoms with van der Waals surface area (Å²) in [5, 5.41) is 0. The van der Waals surface area contributed by atoms with Gasteiger partial charge in [-0.05, 0) is 70.1 Å². The van der Waals surface area contributed by atoms with E-state index in [0.717, 1.165) is 0 Å². The van der Waals surface area contributed by atoms with E-state index >= 15 is 0 Å². The first kappa shape index (κ1) is 28.4. The maximum absolute atomic E-state index is 14.2. The number of rotatable bonds is 5. The Morgan fingerprint density at radius 2 is 1.27 bits per heavy atom. The standard InChI is InChI=1S/C27H37N5O5/c1-17(2)21(35)30-20-22(36)32(27(8)12-19(29-16-34)10-25(5,6)14-27)23(37)31(20)26(7)11-18(28-15-33)9-24(3,4)13-26/h18-19H,1,9-14H2,2-8H3/t18-,19+,26+,27+/m0/s1. The highest BCUT2D eigenvalue weighted by atomic mass is 16.2. The Kier molecular flexibility index (Phi) is 7.34. The van der Waals surface area contributed by atoms with Crippen molar-refractivity contribution in [3.8, 4) is 0 Å². The van der Waals surface area contributed by atoms with Gasteiger partial charge in [-0.3, -0.25) is 19.4 Å². The molecule has 1 heterocycles. The van der Waals surface area contributed by atoms with Crippen LogP contribution in [0.15, 0.2) is 27.1 Å². The number of imide groups is 1. The fraction of sp³-hybridized carbons (Fsp3) is 0.704. The molecule has 4 atom stereocenters. The summed E-state index contributed by atoms with van der Waals surface area (Å²) >= 11 is 0. The summed E-state index contributed by atoms with van der Waals surface area (Å²) in [5.41, 5.74) is -2.45. The molecular weight excluding hydrogens is 474 g/mol. The largest absolute Gasteiger partial charge is 0.333 e. The molecule has 0 bridgehead atoms. The molecule has 0 unspecified atom stereocenters. The van der Waals surface area contributed by atoms with Crippen LogP contribution in [0.2, 0.25) is 0 Å². The Bertz CT molecular complexity index is 1160. The number of urea groups is 1. The fourth-order valence-corrected chi connectivity index (χ4v) is 7.18. The Hall–Kier alpha value is -3.22. The Morgan fingerprint density at radius 3 is 1.68 bits per heavy atom. The molecule has 0 aromatic rings. The van der Waals surface area contributed by atoms with E-state index in [1.165, 1.54) is 16.7 Å². The third-order valence-corrected chi connectivity index (χ3v) is 7.76. The van der Waals surface area contributed by atoms with Crippen LogP contribution in [-0.2, 0) is 19.2 Å². The SMILES string of the molecule is C=C(C)C(=O)N=C1C(=O)N([C@]2(C)C[C@H](N=C=O)CC(C)(C)C2)C(=O)N1[C@]1(C)C[C@@H](N=C=O)CC(C)(C)C1. The number of amidine groups is 1. The molecule has 10 heteroatoms. The first-order valence-corrected chi connectivity index (χ1v) is 12.6. The zero-order valence-corrected chi connectivity index (χ0v) is 22.9. The summed E-state index contributed by atoms with van der Waals surface area (Å²) in [6, 6.07) is -1.40. The van der Waals surface area contributed by atoms with Gasteiger partial charge in [-0.1, -0.05) is 34.3 Å². The molecule has 3 fully saturated rings. The third kappa shape index (κ3) is 5.55. The number of amides is 4. The summed E-state index contributed by atoms with van der Waals surface area (Å²) in [4.78, 5) is 77.6. The van der Waals surface area contributed by atoms with Crippen molar-refractivity contribution in [1.29, 1.82) is 0 Å². The van der Waals surface area contributed by atoms with Gasteiger partial charge in [0, 0.05) is 5.57 Å². The molecule has 0 radical (unpaired) electrons. The van der Waals surface area contributed by atoms with Crippen LogP contribution in [0, 0.1) is 10.8 Å². The Morgan fingerprint density at radius 1 is 0.838 bits per heavy atom. The molecule has 3 aliphatic rings. The van der Waals surface area contributed by atoms with Gasteiger partial charge in [0.25, 0.3) is 11.8 Å². The van der Waals surface area contributed by atoms with Crippen LogP contribution in [0.4, 0.5) is 4.79 Å². The summed E-state index contributed by atoms with van der Waals surface area (Å²) in [6.45, 7) is 16.8. The van der Waals surface area contributed by atoms with E-state index < -0.39 is 41.0 Å². The van der Waals surface area contributed by atoms with Gasteiger partial charge in [-0.2, -0.15) is 4.99 Å². The molecule has 0 aromatic carbocycles. The lowest BCUT2D eigenvalue weighted by atomic mass is 9.66. The van der Waals surface area contributed by atoms with Crippen LogP contribution in [0.5, 0.6) is 0 Å². The van der Waals surface area contributed by atoms with E-state index in [9.17, 15) is 24.0 Å². The second kappa shape index (κ2) is 9.58. The zero-order valence-electron chi connectivity index (χ0n) is 22.9. The summed E-state index contributed by atoms with van der Waals surface area (Å²) in [5.74, 6) is -1.62. The van der Waals surface area contributed by atoms with Crippen LogP contribution in [0.25, 0.3) is 0 Å². The van der Waals surface area contributed by atoms with Gasteiger partial charge in [0.2, 0.25) is 18.0 Å². The minimum absolute atomic E-state index is 0.133. The first-order chi connectivity index (χ1) is 17.0. The average molecular weight is 512 g/mol. The molecule has 2 aliphatic carbocycles. The number of nitrogens with zero attached hydrogens (tertiary/aromatic N) is 5. The normalized spacial score (nSPS) is 34.1. The quantitative estimate of drug-likeness (QED) is 0.237. The molecule has 0 aromatic heterocycles. The molecule has 0 N–H and O–H groups in total. The fourth-order valence-electron chi connectivity index (χ4n) is 7.18. The van der Waals surface area contributed by atoms with Crippen molar-refractivity contribution in [3.05, 3.63) is 12.2 Å². The monoisotopic (exact) mass is 511 g/mol. The highest BCUT2D eigenvalue weighted by Gasteiger charge is 2.60. The number of carbonyl (C=O) groups excluding carboxylic acids is 5. The summed E-state index contributed by atoms with van der Waals surface area (Å²) in [6.07, 6.45) is 6.06. The van der Waals surface area contributed by atoms with Gasteiger partial charge in [0.1, 0.15) is 0 Å². The Labute approximate surface area is 218 Å². The number of isocyanates is 2. The van der Waals surface area contributed by atoms with Gasteiger partial charge in [0.05, 0.1) is 23.2 Å². The molecule has 37 heavy (non-hydrogen) atoms. The second-order valence-corrected chi connectivity index (χ2v) is 13.0. The highest BCUT2D eigenvalue weighted by Crippen LogP contribution is 2.50. The number of carbonyl (C=O) groups is 3. The molecule has 200 valence electrons. The molecule has 1 aliphatic heterocycles. The van der Waals surface area contributed by atoms with Crippen LogP contribution >= 0.6 is 0 Å². The lowest BCUT2D eigenvalue weighted by Gasteiger charge is -2.50. The lowest BCUT2D eigenvalue weighted by molar-refractivity contribution is -0.127. The summed E-state index contributed by atoms with van der Waals surface area (Å²) in [7, 11) is 0. The van der Waals surface area contributed by atoms with Gasteiger partial charge < -0.3 is 0 Å². The van der Waals surface area contributed by atoms with Gasteiger partial charge >= 0.3 is 6.03 Å². The molecule has 1 saturated heterocycles. The van der Waals surface area contributed by atoms with E-state index in [2.05, 4.69) is 21.6 Å². The molecule has 3 rings (SSSR count). The second-order valence-electron chi connectivity index (χ2n) is 13.0. The van der Waals surface area contributed by atoms with E-state index in [1.54, 1.807) is 12.2 Å². The molecule has 0 spiro atoms. The molecule has 10 nitrogen and oxygen atoms in total. The van der Waals surface area contributed by atoms with Crippen LogP contribution in [-0.4, -0.2) is 68.8 Å². The van der Waals surface area contributed by atoms with Crippen molar-refractivity contribution in [2.75, 3.05) is 0 Å². The van der Waals surface area contributed by atoms with Gasteiger partial charge in [0.15, 0.2) is 0 Å².